The number of pyridine rings is 1. The van der Waals surface area contributed by atoms with Gasteiger partial charge in [-0.2, -0.15) is 0 Å². The van der Waals surface area contributed by atoms with Crippen LogP contribution >= 0.6 is 0 Å². The maximum atomic E-state index is 5.37. The van der Waals surface area contributed by atoms with Crippen LogP contribution in [0, 0.1) is 0 Å². The number of para-hydroxylation sites is 4. The lowest BCUT2D eigenvalue weighted by molar-refractivity contribution is 0.979. The number of imidazole rings is 1. The van der Waals surface area contributed by atoms with Gasteiger partial charge in [-0.1, -0.05) is 133 Å². The molecule has 0 spiro atoms. The van der Waals surface area contributed by atoms with Gasteiger partial charge in [0.1, 0.15) is 5.65 Å². The number of nitrogens with zero attached hydrogens (tertiary/aromatic N) is 5. The van der Waals surface area contributed by atoms with Crippen LogP contribution in [0.25, 0.3) is 100 Å². The molecule has 11 rings (SSSR count). The first kappa shape index (κ1) is 30.3. The SMILES string of the molecule is c1ccc(-c2cc(-c3ccccc3)nc(-c3cccc(-c4ccc5c6ccccc6n(-c6nc7ccccc7c7nc8ccccc8n67)c5c4)c3)c2)cc1. The standard InChI is InChI=1S/C49H31N5/c1-3-14-32(15-4-1)37-29-43(33-16-5-2-6-17-33)50-44(30-37)36-19-13-18-34(28-36)35-26-27-39-38-20-8-11-24-45(38)53(47(39)31-35)49-52-41-22-9-7-21-40(41)48-51-42-23-10-12-25-46(42)54(48)49/h1-31H. The van der Waals surface area contributed by atoms with Crippen LogP contribution in [0.4, 0.5) is 0 Å². The second-order valence-electron chi connectivity index (χ2n) is 13.7. The van der Waals surface area contributed by atoms with E-state index in [1.54, 1.807) is 0 Å². The zero-order valence-electron chi connectivity index (χ0n) is 29.1. The van der Waals surface area contributed by atoms with Crippen LogP contribution in [-0.2, 0) is 0 Å². The molecule has 5 heteroatoms. The Bertz CT molecular complexity index is 3160. The molecule has 54 heavy (non-hydrogen) atoms. The second kappa shape index (κ2) is 12.1. The monoisotopic (exact) mass is 689 g/mol. The number of benzene rings is 7. The predicted octanol–water partition coefficient (Wildman–Crippen LogP) is 12.2. The third-order valence-corrected chi connectivity index (χ3v) is 10.5. The van der Waals surface area contributed by atoms with E-state index in [0.29, 0.717) is 0 Å². The molecule has 0 fully saturated rings. The number of hydrogen-bond acceptors (Lipinski definition) is 3. The van der Waals surface area contributed by atoms with E-state index in [4.69, 9.17) is 15.0 Å². The first-order valence-electron chi connectivity index (χ1n) is 18.2. The lowest BCUT2D eigenvalue weighted by Gasteiger charge is -2.13. The molecule has 0 aliphatic heterocycles. The van der Waals surface area contributed by atoms with E-state index in [0.717, 1.165) is 89.3 Å². The summed E-state index contributed by atoms with van der Waals surface area (Å²) in [7, 11) is 0. The molecule has 252 valence electrons. The number of hydrogen-bond donors (Lipinski definition) is 0. The van der Waals surface area contributed by atoms with Crippen LogP contribution < -0.4 is 0 Å². The van der Waals surface area contributed by atoms with Crippen LogP contribution in [0.3, 0.4) is 0 Å². The summed E-state index contributed by atoms with van der Waals surface area (Å²) >= 11 is 0. The Labute approximate surface area is 311 Å². The molecule has 0 saturated carbocycles. The van der Waals surface area contributed by atoms with Gasteiger partial charge in [-0.25, -0.2) is 15.0 Å². The Morgan fingerprint density at radius 1 is 0.315 bits per heavy atom. The molecule has 4 heterocycles. The predicted molar refractivity (Wildman–Crippen MR) is 222 cm³/mol. The van der Waals surface area contributed by atoms with Crippen molar-refractivity contribution in [1.29, 1.82) is 0 Å². The summed E-state index contributed by atoms with van der Waals surface area (Å²) in [6.07, 6.45) is 0. The van der Waals surface area contributed by atoms with Crippen molar-refractivity contribution in [3.8, 4) is 50.7 Å². The minimum absolute atomic E-state index is 0.810. The Morgan fingerprint density at radius 3 is 1.72 bits per heavy atom. The van der Waals surface area contributed by atoms with E-state index in [-0.39, 0.29) is 0 Å². The van der Waals surface area contributed by atoms with Gasteiger partial charge in [-0.05, 0) is 76.9 Å². The number of aromatic nitrogens is 5. The number of fused-ring (bicyclic) bond motifs is 8. The van der Waals surface area contributed by atoms with E-state index in [1.807, 2.05) is 18.2 Å². The van der Waals surface area contributed by atoms with Gasteiger partial charge in [0, 0.05) is 27.3 Å². The fraction of sp³-hybridized carbons (Fsp3) is 0. The van der Waals surface area contributed by atoms with Crippen molar-refractivity contribution in [2.45, 2.75) is 0 Å². The van der Waals surface area contributed by atoms with Crippen molar-refractivity contribution in [2.24, 2.45) is 0 Å². The van der Waals surface area contributed by atoms with Crippen molar-refractivity contribution in [3.05, 3.63) is 188 Å². The van der Waals surface area contributed by atoms with Gasteiger partial charge < -0.3 is 0 Å². The summed E-state index contributed by atoms with van der Waals surface area (Å²) in [5.74, 6) is 0.810. The molecule has 11 aromatic rings. The highest BCUT2D eigenvalue weighted by molar-refractivity contribution is 6.10. The van der Waals surface area contributed by atoms with Gasteiger partial charge in [0.2, 0.25) is 5.95 Å². The maximum absolute atomic E-state index is 5.37. The molecule has 7 aromatic carbocycles. The lowest BCUT2D eigenvalue weighted by Crippen LogP contribution is -2.06. The minimum Gasteiger partial charge on any atom is -0.279 e. The van der Waals surface area contributed by atoms with Crippen molar-refractivity contribution in [3.63, 3.8) is 0 Å². The van der Waals surface area contributed by atoms with E-state index in [9.17, 15) is 0 Å². The topological polar surface area (TPSA) is 48.0 Å². The van der Waals surface area contributed by atoms with Gasteiger partial charge in [0.25, 0.3) is 0 Å². The van der Waals surface area contributed by atoms with E-state index < -0.39 is 0 Å². The molecule has 0 saturated heterocycles. The van der Waals surface area contributed by atoms with Crippen molar-refractivity contribution in [1.82, 2.24) is 23.9 Å². The quantitative estimate of drug-likeness (QED) is 0.181. The third-order valence-electron chi connectivity index (χ3n) is 10.5. The maximum Gasteiger partial charge on any atom is 0.221 e. The van der Waals surface area contributed by atoms with Gasteiger partial charge in [-0.15, -0.1) is 0 Å². The number of rotatable bonds is 5. The summed E-state index contributed by atoms with van der Waals surface area (Å²) in [5, 5.41) is 3.37. The van der Waals surface area contributed by atoms with Crippen LogP contribution in [-0.4, -0.2) is 23.9 Å². The van der Waals surface area contributed by atoms with Crippen LogP contribution in [0.1, 0.15) is 0 Å². The fourth-order valence-corrected chi connectivity index (χ4v) is 7.93. The Balaban J connectivity index is 1.12. The average Bonchev–Trinajstić information content (AvgIpc) is 3.80. The summed E-state index contributed by atoms with van der Waals surface area (Å²) < 4.78 is 4.52. The molecule has 0 aliphatic carbocycles. The highest BCUT2D eigenvalue weighted by Crippen LogP contribution is 2.38. The molecule has 5 nitrogen and oxygen atoms in total. The smallest absolute Gasteiger partial charge is 0.221 e. The molecule has 0 radical (unpaired) electrons. The molecule has 0 N–H and O–H groups in total. The first-order valence-corrected chi connectivity index (χ1v) is 18.2. The zero-order chi connectivity index (χ0) is 35.6. The largest absolute Gasteiger partial charge is 0.279 e. The van der Waals surface area contributed by atoms with E-state index in [1.165, 1.54) is 10.8 Å². The van der Waals surface area contributed by atoms with Gasteiger partial charge >= 0.3 is 0 Å². The van der Waals surface area contributed by atoms with E-state index >= 15 is 0 Å². The Kier molecular flexibility index (Phi) is 6.79. The van der Waals surface area contributed by atoms with Crippen LogP contribution in [0.5, 0.6) is 0 Å². The fourth-order valence-electron chi connectivity index (χ4n) is 7.93. The van der Waals surface area contributed by atoms with Crippen molar-refractivity contribution in [2.75, 3.05) is 0 Å². The minimum atomic E-state index is 0.810. The summed E-state index contributed by atoms with van der Waals surface area (Å²) in [5.41, 5.74) is 14.5. The molecule has 0 unspecified atom stereocenters. The Morgan fingerprint density at radius 2 is 0.907 bits per heavy atom. The van der Waals surface area contributed by atoms with Crippen LogP contribution in [0.15, 0.2) is 188 Å². The molecule has 0 aliphatic rings. The normalized spacial score (nSPS) is 11.7. The zero-order valence-corrected chi connectivity index (χ0v) is 29.1. The van der Waals surface area contributed by atoms with Crippen molar-refractivity contribution < 1.29 is 0 Å². The Hall–Kier alpha value is -7.37. The van der Waals surface area contributed by atoms with E-state index in [2.05, 4.69) is 179 Å². The summed E-state index contributed by atoms with van der Waals surface area (Å²) in [6.45, 7) is 0. The summed E-state index contributed by atoms with van der Waals surface area (Å²) in [6, 6.07) is 66.1. The summed E-state index contributed by atoms with van der Waals surface area (Å²) in [4.78, 5) is 15.7. The molecule has 4 aromatic heterocycles. The molecule has 0 atom stereocenters. The lowest BCUT2D eigenvalue weighted by atomic mass is 9.97. The molecule has 0 bridgehead atoms. The molecular weight excluding hydrogens is 659 g/mol. The van der Waals surface area contributed by atoms with Crippen molar-refractivity contribution >= 4 is 49.4 Å². The van der Waals surface area contributed by atoms with Gasteiger partial charge in [0.05, 0.1) is 39.0 Å². The third kappa shape index (κ3) is 4.83. The van der Waals surface area contributed by atoms with Gasteiger partial charge in [0.15, 0.2) is 0 Å². The van der Waals surface area contributed by atoms with Crippen LogP contribution in [0.2, 0.25) is 0 Å². The highest BCUT2D eigenvalue weighted by atomic mass is 15.2. The molecular formula is C49H31N5. The first-order chi connectivity index (χ1) is 26.8. The molecule has 0 amide bonds. The second-order valence-corrected chi connectivity index (χ2v) is 13.7. The highest BCUT2D eigenvalue weighted by Gasteiger charge is 2.20. The van der Waals surface area contributed by atoms with Gasteiger partial charge in [-0.3, -0.25) is 8.97 Å². The average molecular weight is 690 g/mol.